The summed E-state index contributed by atoms with van der Waals surface area (Å²) in [6.07, 6.45) is 12.7. The minimum absolute atomic E-state index is 0.0777. The number of nitrogens with one attached hydrogen (secondary N) is 15. The van der Waals surface area contributed by atoms with Gasteiger partial charge in [-0.2, -0.15) is 35.3 Å². The Morgan fingerprint density at radius 2 is 0.533 bits per heavy atom. The number of carbonyl (C=O) groups excluding carboxylic acids is 12. The van der Waals surface area contributed by atoms with Gasteiger partial charge in [-0.05, 0) is 116 Å². The van der Waals surface area contributed by atoms with Gasteiger partial charge >= 0.3 is 18.1 Å². The molecule has 120 heavy (non-hydrogen) atoms. The standard InChI is InChI=1S/C81H135N15O21S3/c1-55(88-67(97)19-7-4-16-64-73-61(52-118-64)91-79(106)94-73)46-70(100)82-22-10-28-109-34-40-115-43-37-112-31-13-25-85-76(103)58-49-59(77(104)86-26-14-32-113-38-44-116-41-35-110-29-11-23-83-71(101)47-56(2)89-68(98)20-8-5-17-65-74-62(53-119-65)92-80(107)95-74)51-60(50-58)78(105)87-27-15-33-114-39-45-117-42-36-111-30-12-24-84-72(102)48-57(3)90-69(99)21-9-6-18-66-75-63(54-120-66)93-81(108)96-75/h49-51,55-57,61-66,73-75H,4-48,52-54H2,1-3H3,(H,82,100)(H,83,101)(H,84,102)(H,85,103)(H,86,104)(H,87,105)(H,88,97)(H,89,98)(H,90,99)(H2,91,94,106)(H2,92,95,107)(H2,93,96,108). The zero-order valence-corrected chi connectivity index (χ0v) is 72.8. The van der Waals surface area contributed by atoms with Crippen molar-refractivity contribution >= 4 is 107 Å². The summed E-state index contributed by atoms with van der Waals surface area (Å²) in [4.78, 5) is 150. The first-order valence-corrected chi connectivity index (χ1v) is 46.3. The van der Waals surface area contributed by atoms with Gasteiger partial charge in [-0.3, -0.25) is 43.2 Å². The SMILES string of the molecule is CC(CC(=O)NCCCOCCOCCOCCCNC(=O)c1cc(C(=O)NCCCOCCOCCOCCCNC(=O)CC(C)NC(=O)CCCCC2SCC3NC(=O)NC32)cc(C(=O)NCCCOCCOCCOCCCNC(=O)CC(C)NC(=O)CCCCC2SCC3NC(=O)NC32)c1)NC(=O)CCCCC1SCC2NC(=O)NC21. The topological polar surface area (TPSA) is 468 Å². The molecule has 1 aromatic carbocycles. The van der Waals surface area contributed by atoms with Crippen molar-refractivity contribution in [3.8, 4) is 0 Å². The maximum Gasteiger partial charge on any atom is 0.315 e. The lowest BCUT2D eigenvalue weighted by atomic mass is 10.0. The number of carbonyl (C=O) groups is 12. The van der Waals surface area contributed by atoms with Gasteiger partial charge in [0.15, 0.2) is 0 Å². The molecule has 7 rings (SSSR count). The van der Waals surface area contributed by atoms with E-state index in [2.05, 4.69) is 79.8 Å². The summed E-state index contributed by atoms with van der Waals surface area (Å²) in [5.41, 5.74) is 0.364. The van der Waals surface area contributed by atoms with E-state index in [1.54, 1.807) is 0 Å². The maximum absolute atomic E-state index is 13.6. The van der Waals surface area contributed by atoms with Crippen LogP contribution in [0.25, 0.3) is 0 Å². The number of thioether (sulfide) groups is 3. The Kier molecular flexibility index (Phi) is 49.8. The van der Waals surface area contributed by atoms with E-state index >= 15 is 0 Å². The Balaban J connectivity index is 0.677. The highest BCUT2D eigenvalue weighted by Crippen LogP contribution is 2.36. The van der Waals surface area contributed by atoms with Crippen LogP contribution in [0.5, 0.6) is 0 Å². The molecule has 0 bridgehead atoms. The minimum atomic E-state index is -0.480. The van der Waals surface area contributed by atoms with E-state index in [4.69, 9.17) is 42.6 Å². The Morgan fingerprint density at radius 3 is 0.775 bits per heavy atom. The lowest BCUT2D eigenvalue weighted by Gasteiger charge is -2.17. The molecule has 6 heterocycles. The quantitative estimate of drug-likeness (QED) is 0.0329. The Morgan fingerprint density at radius 1 is 0.308 bits per heavy atom. The molecule has 0 saturated carbocycles. The molecule has 39 heteroatoms. The van der Waals surface area contributed by atoms with Crippen LogP contribution in [0, 0.1) is 0 Å². The molecule has 0 aromatic heterocycles. The number of ether oxygens (including phenoxy) is 9. The smallest absolute Gasteiger partial charge is 0.315 e. The fraction of sp³-hybridized carbons (Fsp3) is 0.778. The third-order valence-electron chi connectivity index (χ3n) is 20.5. The van der Waals surface area contributed by atoms with Crippen molar-refractivity contribution in [3.63, 3.8) is 0 Å². The maximum atomic E-state index is 13.6. The van der Waals surface area contributed by atoms with Crippen molar-refractivity contribution in [1.29, 1.82) is 0 Å². The molecule has 6 aliphatic heterocycles. The molecule has 12 atom stereocenters. The van der Waals surface area contributed by atoms with Crippen LogP contribution < -0.4 is 79.8 Å². The van der Waals surface area contributed by atoms with E-state index in [9.17, 15) is 57.5 Å². The molecule has 0 spiro atoms. The molecule has 36 nitrogen and oxygen atoms in total. The second-order valence-electron chi connectivity index (χ2n) is 30.9. The predicted molar refractivity (Wildman–Crippen MR) is 456 cm³/mol. The summed E-state index contributed by atoms with van der Waals surface area (Å²) in [6.45, 7) is 13.9. The van der Waals surface area contributed by atoms with E-state index in [0.29, 0.717) is 212 Å². The second kappa shape index (κ2) is 59.7. The van der Waals surface area contributed by atoms with Crippen LogP contribution in [-0.2, 0) is 71.4 Å². The van der Waals surface area contributed by atoms with Gasteiger partial charge in [-0.1, -0.05) is 19.3 Å². The van der Waals surface area contributed by atoms with Gasteiger partial charge in [0.1, 0.15) is 0 Å². The fourth-order valence-corrected chi connectivity index (χ4v) is 19.0. The van der Waals surface area contributed by atoms with Gasteiger partial charge in [0.05, 0.1) is 116 Å². The Bertz CT molecular complexity index is 2950. The Labute approximate surface area is 718 Å². The minimum Gasteiger partial charge on any atom is -0.379 e. The molecular formula is C81H135N15O21S3. The fourth-order valence-electron chi connectivity index (χ4n) is 14.4. The number of amides is 15. The van der Waals surface area contributed by atoms with Gasteiger partial charge in [0.25, 0.3) is 17.7 Å². The monoisotopic (exact) mass is 1750 g/mol. The van der Waals surface area contributed by atoms with Crippen LogP contribution in [0.1, 0.15) is 187 Å². The van der Waals surface area contributed by atoms with Crippen molar-refractivity contribution in [2.75, 3.05) is 175 Å². The molecule has 0 aliphatic carbocycles. The first kappa shape index (κ1) is 100. The molecule has 0 radical (unpaired) electrons. The van der Waals surface area contributed by atoms with Crippen LogP contribution in [-0.4, -0.2) is 317 Å². The van der Waals surface area contributed by atoms with Gasteiger partial charge in [0, 0.05) is 185 Å². The normalized spacial score (nSPS) is 20.6. The van der Waals surface area contributed by atoms with Gasteiger partial charge in [-0.15, -0.1) is 0 Å². The molecule has 12 unspecified atom stereocenters. The third kappa shape index (κ3) is 41.9. The molecule has 6 saturated heterocycles. The lowest BCUT2D eigenvalue weighted by Crippen LogP contribution is -2.37. The number of fused-ring (bicyclic) bond motifs is 3. The molecule has 15 amide bonds. The largest absolute Gasteiger partial charge is 0.379 e. The molecule has 1 aromatic rings. The van der Waals surface area contributed by atoms with Crippen molar-refractivity contribution < 1.29 is 100 Å². The molecule has 6 aliphatic rings. The van der Waals surface area contributed by atoms with Crippen LogP contribution in [0.2, 0.25) is 0 Å². The number of benzene rings is 1. The van der Waals surface area contributed by atoms with Crippen LogP contribution in [0.15, 0.2) is 18.2 Å². The highest BCUT2D eigenvalue weighted by Gasteiger charge is 2.45. The lowest BCUT2D eigenvalue weighted by molar-refractivity contribution is -0.125. The summed E-state index contributed by atoms with van der Waals surface area (Å²) in [7, 11) is 0. The summed E-state index contributed by atoms with van der Waals surface area (Å²) in [5, 5.41) is 44.8. The number of urea groups is 3. The second-order valence-corrected chi connectivity index (χ2v) is 34.7. The van der Waals surface area contributed by atoms with E-state index < -0.39 is 17.7 Å². The molecular weight excluding hydrogens is 1620 g/mol. The summed E-state index contributed by atoms with van der Waals surface area (Å²) < 4.78 is 50.9. The number of hydrogen-bond donors (Lipinski definition) is 15. The van der Waals surface area contributed by atoms with Crippen molar-refractivity contribution in [2.24, 2.45) is 0 Å². The van der Waals surface area contributed by atoms with E-state index in [-0.39, 0.29) is 164 Å². The Hall–Kier alpha value is -7.05. The van der Waals surface area contributed by atoms with Crippen LogP contribution >= 0.6 is 35.3 Å². The van der Waals surface area contributed by atoms with Crippen molar-refractivity contribution in [1.82, 2.24) is 79.8 Å². The molecule has 678 valence electrons. The molecule has 15 N–H and O–H groups in total. The number of hydrogen-bond acceptors (Lipinski definition) is 24. The molecule has 6 fully saturated rings. The highest BCUT2D eigenvalue weighted by atomic mass is 32.2. The van der Waals surface area contributed by atoms with Crippen molar-refractivity contribution in [2.45, 2.75) is 226 Å². The first-order valence-electron chi connectivity index (χ1n) is 43.2. The zero-order valence-electron chi connectivity index (χ0n) is 70.4. The average Bonchev–Trinajstić information content (AvgIpc) is 1.54. The van der Waals surface area contributed by atoms with Crippen molar-refractivity contribution in [3.05, 3.63) is 34.9 Å². The predicted octanol–water partition coefficient (Wildman–Crippen LogP) is 2.58. The van der Waals surface area contributed by atoms with Gasteiger partial charge < -0.3 is 122 Å². The van der Waals surface area contributed by atoms with Gasteiger partial charge in [0.2, 0.25) is 35.4 Å². The van der Waals surface area contributed by atoms with Gasteiger partial charge in [-0.25, -0.2) is 14.4 Å². The van der Waals surface area contributed by atoms with E-state index in [1.807, 2.05) is 56.1 Å². The summed E-state index contributed by atoms with van der Waals surface area (Å²) in [5.74, 6) is 0.596. The van der Waals surface area contributed by atoms with E-state index in [1.165, 1.54) is 18.2 Å². The summed E-state index contributed by atoms with van der Waals surface area (Å²) >= 11 is 5.58. The third-order valence-corrected chi connectivity index (χ3v) is 25.0. The highest BCUT2D eigenvalue weighted by molar-refractivity contribution is 8.00. The van der Waals surface area contributed by atoms with E-state index in [0.717, 1.165) is 75.0 Å². The number of rotatable bonds is 69. The summed E-state index contributed by atoms with van der Waals surface area (Å²) in [6, 6.07) is 4.14. The average molecular weight is 1750 g/mol. The van der Waals surface area contributed by atoms with Crippen LogP contribution in [0.4, 0.5) is 14.4 Å². The first-order chi connectivity index (χ1) is 58.3. The number of unbranched alkanes of at least 4 members (excludes halogenated alkanes) is 3. The van der Waals surface area contributed by atoms with Crippen LogP contribution in [0.3, 0.4) is 0 Å². The zero-order chi connectivity index (χ0) is 85.7.